The first-order chi connectivity index (χ1) is 13.4. The van der Waals surface area contributed by atoms with Crippen molar-refractivity contribution in [1.29, 1.82) is 0 Å². The Morgan fingerprint density at radius 2 is 1.71 bits per heavy atom. The quantitative estimate of drug-likeness (QED) is 0.487. The van der Waals surface area contributed by atoms with Gasteiger partial charge in [0.15, 0.2) is 0 Å². The van der Waals surface area contributed by atoms with E-state index in [9.17, 15) is 14.4 Å². The summed E-state index contributed by atoms with van der Waals surface area (Å²) in [5.74, 6) is -0.299. The molecule has 2 aromatic rings. The minimum Gasteiger partial charge on any atom is -0.497 e. The zero-order chi connectivity index (χ0) is 20.3. The van der Waals surface area contributed by atoms with E-state index in [2.05, 4.69) is 15.2 Å². The maximum atomic E-state index is 12.8. The highest BCUT2D eigenvalue weighted by molar-refractivity contribution is 6.07. The molecule has 3 amide bonds. The fraction of sp³-hybridized carbons (Fsp3) is 0.200. The molecule has 28 heavy (non-hydrogen) atoms. The Balaban J connectivity index is 1.79. The number of benzene rings is 2. The highest BCUT2D eigenvalue weighted by Gasteiger charge is 2.49. The number of esters is 1. The molecule has 144 valence electrons. The molecule has 0 bridgehead atoms. The number of carbonyl (C=O) groups excluding carboxylic acids is 3. The van der Waals surface area contributed by atoms with Gasteiger partial charge in [-0.25, -0.2) is 9.59 Å². The van der Waals surface area contributed by atoms with Crippen LogP contribution >= 0.6 is 0 Å². The second kappa shape index (κ2) is 7.51. The average Bonchev–Trinajstić information content (AvgIpc) is 2.95. The third-order valence-corrected chi connectivity index (χ3v) is 4.49. The van der Waals surface area contributed by atoms with Gasteiger partial charge in [0.25, 0.3) is 5.91 Å². The minimum atomic E-state index is -1.23. The molecule has 1 heterocycles. The Morgan fingerprint density at radius 3 is 2.29 bits per heavy atom. The van der Waals surface area contributed by atoms with Gasteiger partial charge in [0.2, 0.25) is 0 Å². The molecule has 1 aliphatic heterocycles. The summed E-state index contributed by atoms with van der Waals surface area (Å²) in [6.45, 7) is 1.62. The van der Waals surface area contributed by atoms with Gasteiger partial charge in [0, 0.05) is 0 Å². The van der Waals surface area contributed by atoms with Crippen molar-refractivity contribution in [2.75, 3.05) is 14.2 Å². The van der Waals surface area contributed by atoms with E-state index in [1.807, 2.05) is 0 Å². The smallest absolute Gasteiger partial charge is 0.346 e. The lowest BCUT2D eigenvalue weighted by Crippen LogP contribution is -2.40. The molecule has 3 rings (SSSR count). The molecule has 1 saturated heterocycles. The Labute approximate surface area is 161 Å². The maximum absolute atomic E-state index is 12.8. The van der Waals surface area contributed by atoms with Gasteiger partial charge in [-0.3, -0.25) is 4.79 Å². The van der Waals surface area contributed by atoms with Gasteiger partial charge < -0.3 is 14.8 Å². The number of urea groups is 1. The summed E-state index contributed by atoms with van der Waals surface area (Å²) in [7, 11) is 2.85. The summed E-state index contributed by atoms with van der Waals surface area (Å²) in [6, 6.07) is 12.7. The molecule has 1 unspecified atom stereocenters. The van der Waals surface area contributed by atoms with Crippen LogP contribution in [0.3, 0.4) is 0 Å². The molecule has 0 radical (unpaired) electrons. The van der Waals surface area contributed by atoms with E-state index < -0.39 is 23.4 Å². The Morgan fingerprint density at radius 1 is 1.07 bits per heavy atom. The molecular formula is C20H19N3O5. The van der Waals surface area contributed by atoms with E-state index in [-0.39, 0.29) is 0 Å². The molecule has 8 nitrogen and oxygen atoms in total. The van der Waals surface area contributed by atoms with Crippen LogP contribution in [0, 0.1) is 0 Å². The third-order valence-electron chi connectivity index (χ3n) is 4.49. The Kier molecular flexibility index (Phi) is 5.12. The van der Waals surface area contributed by atoms with Crippen molar-refractivity contribution in [3.63, 3.8) is 0 Å². The van der Waals surface area contributed by atoms with Crippen molar-refractivity contribution in [3.8, 4) is 5.75 Å². The van der Waals surface area contributed by atoms with Crippen molar-refractivity contribution in [1.82, 2.24) is 10.3 Å². The largest absolute Gasteiger partial charge is 0.497 e. The van der Waals surface area contributed by atoms with Gasteiger partial charge in [0.05, 0.1) is 26.0 Å². The topological polar surface area (TPSA) is 97.3 Å². The lowest BCUT2D eigenvalue weighted by atomic mass is 9.92. The number of rotatable bonds is 5. The predicted octanol–water partition coefficient (Wildman–Crippen LogP) is 2.28. The predicted molar refractivity (Wildman–Crippen MR) is 101 cm³/mol. The molecule has 1 atom stereocenters. The van der Waals surface area contributed by atoms with E-state index in [4.69, 9.17) is 4.74 Å². The van der Waals surface area contributed by atoms with E-state index in [0.717, 1.165) is 5.01 Å². The number of carbonyl (C=O) groups is 3. The standard InChI is InChI=1S/C20H19N3O5/c1-20(15-8-10-16(27-2)11-9-15)18(25)23(19(26)22-20)21-12-13-4-6-14(7-5-13)17(24)28-3/h4-12H,1-3H3,(H,22,26)/b21-12+. The number of amides is 3. The number of methoxy groups -OCH3 is 2. The average molecular weight is 381 g/mol. The van der Waals surface area contributed by atoms with Crippen molar-refractivity contribution < 1.29 is 23.9 Å². The van der Waals surface area contributed by atoms with Crippen molar-refractivity contribution in [2.24, 2.45) is 5.10 Å². The molecule has 0 aliphatic carbocycles. The van der Waals surface area contributed by atoms with Gasteiger partial charge in [-0.15, -0.1) is 5.01 Å². The fourth-order valence-electron chi connectivity index (χ4n) is 2.80. The second-order valence-corrected chi connectivity index (χ2v) is 6.26. The van der Waals surface area contributed by atoms with Crippen LogP contribution in [0.4, 0.5) is 4.79 Å². The molecule has 2 aromatic carbocycles. The van der Waals surface area contributed by atoms with Crippen LogP contribution in [0.2, 0.25) is 0 Å². The fourth-order valence-corrected chi connectivity index (χ4v) is 2.80. The van der Waals surface area contributed by atoms with Crippen molar-refractivity contribution in [3.05, 3.63) is 65.2 Å². The number of ether oxygens (including phenoxy) is 2. The van der Waals surface area contributed by atoms with E-state index in [0.29, 0.717) is 22.4 Å². The molecule has 1 aliphatic rings. The molecule has 0 aromatic heterocycles. The third kappa shape index (κ3) is 3.44. The molecule has 0 spiro atoms. The first-order valence-corrected chi connectivity index (χ1v) is 8.42. The minimum absolute atomic E-state index is 0.390. The van der Waals surface area contributed by atoms with Crippen LogP contribution < -0.4 is 10.1 Å². The molecule has 0 saturated carbocycles. The summed E-state index contributed by atoms with van der Waals surface area (Å²) in [5, 5.41) is 7.47. The number of hydrazone groups is 1. The number of nitrogens with one attached hydrogen (secondary N) is 1. The number of imide groups is 1. The normalized spacial score (nSPS) is 19.0. The van der Waals surface area contributed by atoms with Gasteiger partial charge in [0.1, 0.15) is 11.3 Å². The van der Waals surface area contributed by atoms with Gasteiger partial charge >= 0.3 is 12.0 Å². The first kappa shape index (κ1) is 19.1. The Bertz CT molecular complexity index is 937. The van der Waals surface area contributed by atoms with Crippen LogP contribution in [-0.2, 0) is 15.1 Å². The van der Waals surface area contributed by atoms with Crippen LogP contribution in [0.5, 0.6) is 5.75 Å². The lowest BCUT2D eigenvalue weighted by Gasteiger charge is -2.21. The molecule has 8 heteroatoms. The first-order valence-electron chi connectivity index (χ1n) is 8.42. The lowest BCUT2D eigenvalue weighted by molar-refractivity contribution is -0.131. The van der Waals surface area contributed by atoms with E-state index >= 15 is 0 Å². The summed E-state index contributed by atoms with van der Waals surface area (Å²) in [4.78, 5) is 36.6. The van der Waals surface area contributed by atoms with Gasteiger partial charge in [-0.2, -0.15) is 5.10 Å². The van der Waals surface area contributed by atoms with Crippen LogP contribution in [0.1, 0.15) is 28.4 Å². The number of hydrogen-bond acceptors (Lipinski definition) is 6. The highest BCUT2D eigenvalue weighted by Crippen LogP contribution is 2.30. The maximum Gasteiger partial charge on any atom is 0.346 e. The second-order valence-electron chi connectivity index (χ2n) is 6.26. The number of hydrogen-bond donors (Lipinski definition) is 1. The van der Waals surface area contributed by atoms with Crippen LogP contribution in [0.15, 0.2) is 53.6 Å². The van der Waals surface area contributed by atoms with Crippen LogP contribution in [0.25, 0.3) is 0 Å². The molecule has 1 N–H and O–H groups in total. The van der Waals surface area contributed by atoms with Crippen LogP contribution in [-0.4, -0.2) is 43.4 Å². The SMILES string of the molecule is COC(=O)c1ccc(/C=N/N2C(=O)NC(C)(c3ccc(OC)cc3)C2=O)cc1. The van der Waals surface area contributed by atoms with Crippen molar-refractivity contribution >= 4 is 24.1 Å². The monoisotopic (exact) mass is 381 g/mol. The summed E-state index contributed by atoms with van der Waals surface area (Å²) < 4.78 is 9.76. The summed E-state index contributed by atoms with van der Waals surface area (Å²) >= 11 is 0. The zero-order valence-corrected chi connectivity index (χ0v) is 15.6. The summed E-state index contributed by atoms with van der Waals surface area (Å²) in [5.41, 5.74) is 0.398. The van der Waals surface area contributed by atoms with Gasteiger partial charge in [-0.05, 0) is 42.3 Å². The van der Waals surface area contributed by atoms with E-state index in [1.54, 1.807) is 62.6 Å². The molecular weight excluding hydrogens is 362 g/mol. The highest BCUT2D eigenvalue weighted by atomic mass is 16.5. The summed E-state index contributed by atoms with van der Waals surface area (Å²) in [6.07, 6.45) is 1.37. The van der Waals surface area contributed by atoms with Gasteiger partial charge in [-0.1, -0.05) is 24.3 Å². The Hall–Kier alpha value is -3.68. The number of nitrogens with zero attached hydrogens (tertiary/aromatic N) is 2. The van der Waals surface area contributed by atoms with Crippen molar-refractivity contribution in [2.45, 2.75) is 12.5 Å². The molecule has 1 fully saturated rings. The van der Waals surface area contributed by atoms with E-state index in [1.165, 1.54) is 13.3 Å². The zero-order valence-electron chi connectivity index (χ0n) is 15.6.